The van der Waals surface area contributed by atoms with Crippen molar-refractivity contribution in [3.05, 3.63) is 139 Å². The standard InChI is InChI=1S/C37H24N4O/c1-2-6-24(7-3-1)23-42-33-19-16-29(31-17-14-27-12-10-25-8-4-20-38-34(25)36(27)40-31)22-30(33)32-18-15-28-13-11-26-9-5-21-39-35(26)37(28)41-32/h1-22H,23H2. The lowest BCUT2D eigenvalue weighted by Gasteiger charge is -2.14. The molecule has 0 bridgehead atoms. The van der Waals surface area contributed by atoms with Crippen molar-refractivity contribution in [1.29, 1.82) is 0 Å². The minimum absolute atomic E-state index is 0.455. The topological polar surface area (TPSA) is 60.8 Å². The van der Waals surface area contributed by atoms with Crippen LogP contribution in [0.5, 0.6) is 5.75 Å². The molecule has 0 radical (unpaired) electrons. The molecule has 0 fully saturated rings. The number of fused-ring (bicyclic) bond motifs is 6. The van der Waals surface area contributed by atoms with E-state index < -0.39 is 0 Å². The molecule has 198 valence electrons. The van der Waals surface area contributed by atoms with Gasteiger partial charge in [0, 0.05) is 45.1 Å². The Kier molecular flexibility index (Phi) is 5.78. The van der Waals surface area contributed by atoms with Gasteiger partial charge >= 0.3 is 0 Å². The Labute approximate surface area is 242 Å². The molecule has 0 aliphatic carbocycles. The van der Waals surface area contributed by atoms with Crippen molar-refractivity contribution < 1.29 is 4.74 Å². The van der Waals surface area contributed by atoms with Crippen molar-refractivity contribution in [2.75, 3.05) is 0 Å². The molecule has 0 atom stereocenters. The summed E-state index contributed by atoms with van der Waals surface area (Å²) in [6.45, 7) is 0.455. The Balaban J connectivity index is 1.29. The summed E-state index contributed by atoms with van der Waals surface area (Å²) in [4.78, 5) is 19.5. The van der Waals surface area contributed by atoms with Gasteiger partial charge in [-0.05, 0) is 48.0 Å². The number of rotatable bonds is 5. The van der Waals surface area contributed by atoms with Gasteiger partial charge in [0.15, 0.2) is 0 Å². The summed E-state index contributed by atoms with van der Waals surface area (Å²) >= 11 is 0. The van der Waals surface area contributed by atoms with E-state index in [4.69, 9.17) is 14.7 Å². The number of ether oxygens (including phenoxy) is 1. The van der Waals surface area contributed by atoms with E-state index in [2.05, 4.69) is 94.9 Å². The monoisotopic (exact) mass is 540 g/mol. The van der Waals surface area contributed by atoms with E-state index in [1.54, 1.807) is 0 Å². The van der Waals surface area contributed by atoms with Gasteiger partial charge in [0.25, 0.3) is 0 Å². The third kappa shape index (κ3) is 4.28. The van der Waals surface area contributed by atoms with Crippen molar-refractivity contribution in [2.45, 2.75) is 6.61 Å². The predicted molar refractivity (Wildman–Crippen MR) is 169 cm³/mol. The lowest BCUT2D eigenvalue weighted by Crippen LogP contribution is -1.98. The SMILES string of the molecule is c1ccc(COc2ccc(-c3ccc4ccc5cccnc5c4n3)cc2-c2ccc3ccc4cccnc4c3n2)cc1. The van der Waals surface area contributed by atoms with Crippen molar-refractivity contribution >= 4 is 43.6 Å². The van der Waals surface area contributed by atoms with Crippen LogP contribution in [-0.4, -0.2) is 19.9 Å². The van der Waals surface area contributed by atoms with Crippen molar-refractivity contribution in [1.82, 2.24) is 19.9 Å². The normalized spacial score (nSPS) is 11.4. The molecule has 0 amide bonds. The van der Waals surface area contributed by atoms with Gasteiger partial charge in [-0.25, -0.2) is 9.97 Å². The third-order valence-electron chi connectivity index (χ3n) is 7.65. The van der Waals surface area contributed by atoms with Gasteiger partial charge in [-0.2, -0.15) is 0 Å². The summed E-state index contributed by atoms with van der Waals surface area (Å²) in [5.74, 6) is 0.760. The molecule has 5 heteroatoms. The van der Waals surface area contributed by atoms with Gasteiger partial charge in [0.2, 0.25) is 0 Å². The van der Waals surface area contributed by atoms with E-state index in [1.807, 2.05) is 48.8 Å². The highest BCUT2D eigenvalue weighted by Crippen LogP contribution is 2.36. The fourth-order valence-corrected chi connectivity index (χ4v) is 5.51. The predicted octanol–water partition coefficient (Wildman–Crippen LogP) is 8.79. The van der Waals surface area contributed by atoms with Gasteiger partial charge < -0.3 is 4.74 Å². The lowest BCUT2D eigenvalue weighted by molar-refractivity contribution is 0.307. The lowest BCUT2D eigenvalue weighted by atomic mass is 10.0. The molecule has 4 aromatic carbocycles. The number of benzene rings is 4. The zero-order valence-corrected chi connectivity index (χ0v) is 22.6. The first kappa shape index (κ1) is 24.1. The molecule has 0 spiro atoms. The molecule has 0 aliphatic rings. The number of hydrogen-bond donors (Lipinski definition) is 0. The zero-order chi connectivity index (χ0) is 27.9. The first-order valence-electron chi connectivity index (χ1n) is 13.9. The summed E-state index contributed by atoms with van der Waals surface area (Å²) in [6.07, 6.45) is 3.63. The Morgan fingerprint density at radius 3 is 1.71 bits per heavy atom. The van der Waals surface area contributed by atoms with Gasteiger partial charge in [0.05, 0.1) is 33.5 Å². The van der Waals surface area contributed by atoms with Crippen LogP contribution in [0.3, 0.4) is 0 Å². The summed E-state index contributed by atoms with van der Waals surface area (Å²) in [6, 6.07) is 41.1. The summed E-state index contributed by atoms with van der Waals surface area (Å²) in [5.41, 5.74) is 8.20. The van der Waals surface area contributed by atoms with E-state index >= 15 is 0 Å². The quantitative estimate of drug-likeness (QED) is 0.204. The van der Waals surface area contributed by atoms with Gasteiger partial charge in [-0.1, -0.05) is 78.9 Å². The van der Waals surface area contributed by atoms with E-state index in [0.29, 0.717) is 6.61 Å². The van der Waals surface area contributed by atoms with Crippen molar-refractivity contribution in [2.24, 2.45) is 0 Å². The molecule has 5 nitrogen and oxygen atoms in total. The van der Waals surface area contributed by atoms with Gasteiger partial charge in [0.1, 0.15) is 12.4 Å². The maximum absolute atomic E-state index is 6.41. The molecular weight excluding hydrogens is 516 g/mol. The molecular formula is C37H24N4O. The van der Waals surface area contributed by atoms with Crippen LogP contribution in [0.15, 0.2) is 134 Å². The summed E-state index contributed by atoms with van der Waals surface area (Å²) in [5, 5.41) is 4.23. The van der Waals surface area contributed by atoms with Crippen LogP contribution in [0.1, 0.15) is 5.56 Å². The minimum Gasteiger partial charge on any atom is -0.488 e. The number of hydrogen-bond acceptors (Lipinski definition) is 5. The largest absolute Gasteiger partial charge is 0.488 e. The molecule has 4 aromatic heterocycles. The second-order valence-electron chi connectivity index (χ2n) is 10.3. The van der Waals surface area contributed by atoms with Crippen LogP contribution >= 0.6 is 0 Å². The summed E-state index contributed by atoms with van der Waals surface area (Å²) < 4.78 is 6.41. The molecule has 42 heavy (non-hydrogen) atoms. The first-order chi connectivity index (χ1) is 20.8. The molecule has 8 rings (SSSR count). The molecule has 4 heterocycles. The maximum Gasteiger partial charge on any atom is 0.129 e. The summed E-state index contributed by atoms with van der Waals surface area (Å²) in [7, 11) is 0. The van der Waals surface area contributed by atoms with E-state index in [-0.39, 0.29) is 0 Å². The molecule has 8 aromatic rings. The first-order valence-corrected chi connectivity index (χ1v) is 13.9. The van der Waals surface area contributed by atoms with Crippen LogP contribution in [0.4, 0.5) is 0 Å². The molecule has 0 unspecified atom stereocenters. The minimum atomic E-state index is 0.455. The zero-order valence-electron chi connectivity index (χ0n) is 22.6. The van der Waals surface area contributed by atoms with Gasteiger partial charge in [-0.15, -0.1) is 0 Å². The smallest absolute Gasteiger partial charge is 0.129 e. The average Bonchev–Trinajstić information content (AvgIpc) is 3.07. The Morgan fingerprint density at radius 1 is 0.476 bits per heavy atom. The van der Waals surface area contributed by atoms with Crippen LogP contribution in [0.25, 0.3) is 66.1 Å². The maximum atomic E-state index is 6.41. The van der Waals surface area contributed by atoms with Gasteiger partial charge in [-0.3, -0.25) is 9.97 Å². The van der Waals surface area contributed by atoms with E-state index in [1.165, 1.54) is 0 Å². The Hall–Kier alpha value is -5.68. The highest BCUT2D eigenvalue weighted by Gasteiger charge is 2.14. The number of pyridine rings is 4. The molecule has 0 N–H and O–H groups in total. The van der Waals surface area contributed by atoms with Crippen molar-refractivity contribution in [3.63, 3.8) is 0 Å². The van der Waals surface area contributed by atoms with E-state index in [9.17, 15) is 0 Å². The second-order valence-corrected chi connectivity index (χ2v) is 10.3. The fourth-order valence-electron chi connectivity index (χ4n) is 5.51. The van der Waals surface area contributed by atoms with Crippen molar-refractivity contribution in [3.8, 4) is 28.3 Å². The number of nitrogens with zero attached hydrogens (tertiary/aromatic N) is 4. The Bertz CT molecular complexity index is 2260. The fraction of sp³-hybridized carbons (Fsp3) is 0.0270. The van der Waals surface area contributed by atoms with Crippen LogP contribution in [-0.2, 0) is 6.61 Å². The van der Waals surface area contributed by atoms with Crippen LogP contribution < -0.4 is 4.74 Å². The van der Waals surface area contributed by atoms with E-state index in [0.717, 1.165) is 77.4 Å². The third-order valence-corrected chi connectivity index (χ3v) is 7.65. The number of aromatic nitrogens is 4. The highest BCUT2D eigenvalue weighted by molar-refractivity contribution is 6.04. The highest BCUT2D eigenvalue weighted by atomic mass is 16.5. The Morgan fingerprint density at radius 2 is 1.05 bits per heavy atom. The molecule has 0 aliphatic heterocycles. The molecule has 0 saturated carbocycles. The van der Waals surface area contributed by atoms with Crippen LogP contribution in [0, 0.1) is 0 Å². The average molecular weight is 541 g/mol. The molecule has 0 saturated heterocycles. The second kappa shape index (κ2) is 10.1. The van der Waals surface area contributed by atoms with Crippen LogP contribution in [0.2, 0.25) is 0 Å².